The van der Waals surface area contributed by atoms with Gasteiger partial charge in [-0.05, 0) is 31.2 Å². The maximum absolute atomic E-state index is 6.17. The SMILES string of the molecule is CCn1c(CC(N)c2ccco2)nc2ccccc21. The van der Waals surface area contributed by atoms with Gasteiger partial charge in [0.1, 0.15) is 11.6 Å². The topological polar surface area (TPSA) is 57.0 Å². The van der Waals surface area contributed by atoms with Gasteiger partial charge in [-0.2, -0.15) is 0 Å². The van der Waals surface area contributed by atoms with Crippen molar-refractivity contribution >= 4 is 11.0 Å². The first-order chi connectivity index (χ1) is 9.29. The van der Waals surface area contributed by atoms with Gasteiger partial charge < -0.3 is 14.7 Å². The molecule has 0 saturated heterocycles. The lowest BCUT2D eigenvalue weighted by Crippen LogP contribution is -2.15. The van der Waals surface area contributed by atoms with Crippen molar-refractivity contribution in [3.8, 4) is 0 Å². The average molecular weight is 255 g/mol. The van der Waals surface area contributed by atoms with Gasteiger partial charge >= 0.3 is 0 Å². The molecule has 0 saturated carbocycles. The minimum Gasteiger partial charge on any atom is -0.468 e. The van der Waals surface area contributed by atoms with Crippen LogP contribution in [-0.4, -0.2) is 9.55 Å². The fourth-order valence-corrected chi connectivity index (χ4v) is 2.43. The molecule has 3 aromatic rings. The van der Waals surface area contributed by atoms with Gasteiger partial charge in [0.25, 0.3) is 0 Å². The van der Waals surface area contributed by atoms with E-state index in [9.17, 15) is 0 Å². The lowest BCUT2D eigenvalue weighted by Gasteiger charge is -2.10. The van der Waals surface area contributed by atoms with Gasteiger partial charge in [0.05, 0.1) is 23.3 Å². The fraction of sp³-hybridized carbons (Fsp3) is 0.267. The van der Waals surface area contributed by atoms with Crippen LogP contribution in [0, 0.1) is 0 Å². The van der Waals surface area contributed by atoms with E-state index in [1.807, 2.05) is 30.3 Å². The van der Waals surface area contributed by atoms with E-state index in [4.69, 9.17) is 10.2 Å². The van der Waals surface area contributed by atoms with Gasteiger partial charge in [0, 0.05) is 13.0 Å². The van der Waals surface area contributed by atoms with Crippen LogP contribution in [-0.2, 0) is 13.0 Å². The third-order valence-corrected chi connectivity index (χ3v) is 3.36. The number of aryl methyl sites for hydroxylation is 1. The van der Waals surface area contributed by atoms with E-state index >= 15 is 0 Å². The summed E-state index contributed by atoms with van der Waals surface area (Å²) >= 11 is 0. The molecule has 2 N–H and O–H groups in total. The minimum absolute atomic E-state index is 0.155. The van der Waals surface area contributed by atoms with Crippen LogP contribution in [0.4, 0.5) is 0 Å². The number of nitrogens with two attached hydrogens (primary N) is 1. The Morgan fingerprint density at radius 1 is 1.26 bits per heavy atom. The van der Waals surface area contributed by atoms with Crippen molar-refractivity contribution in [3.63, 3.8) is 0 Å². The molecule has 0 aliphatic rings. The van der Waals surface area contributed by atoms with Crippen molar-refractivity contribution in [2.75, 3.05) is 0 Å². The van der Waals surface area contributed by atoms with Gasteiger partial charge in [0.2, 0.25) is 0 Å². The summed E-state index contributed by atoms with van der Waals surface area (Å²) in [5.41, 5.74) is 8.35. The summed E-state index contributed by atoms with van der Waals surface area (Å²) in [5.74, 6) is 1.81. The van der Waals surface area contributed by atoms with Gasteiger partial charge in [-0.1, -0.05) is 12.1 Å². The van der Waals surface area contributed by atoms with Crippen molar-refractivity contribution in [3.05, 3.63) is 54.2 Å². The molecule has 0 radical (unpaired) electrons. The zero-order valence-electron chi connectivity index (χ0n) is 10.9. The molecule has 98 valence electrons. The van der Waals surface area contributed by atoms with E-state index in [-0.39, 0.29) is 6.04 Å². The number of nitrogens with zero attached hydrogens (tertiary/aromatic N) is 2. The number of aromatic nitrogens is 2. The quantitative estimate of drug-likeness (QED) is 0.779. The van der Waals surface area contributed by atoms with E-state index in [0.717, 1.165) is 29.2 Å². The first kappa shape index (κ1) is 12.0. The summed E-state index contributed by atoms with van der Waals surface area (Å²) in [6.45, 7) is 3.01. The molecule has 2 aromatic heterocycles. The highest BCUT2D eigenvalue weighted by molar-refractivity contribution is 5.75. The highest BCUT2D eigenvalue weighted by Crippen LogP contribution is 2.21. The van der Waals surface area contributed by atoms with Crippen LogP contribution < -0.4 is 5.73 Å². The van der Waals surface area contributed by atoms with Gasteiger partial charge in [-0.25, -0.2) is 4.98 Å². The third-order valence-electron chi connectivity index (χ3n) is 3.36. The molecule has 0 aliphatic heterocycles. The minimum atomic E-state index is -0.155. The van der Waals surface area contributed by atoms with Crippen LogP contribution in [0.15, 0.2) is 47.1 Å². The van der Waals surface area contributed by atoms with Crippen molar-refractivity contribution in [1.82, 2.24) is 9.55 Å². The van der Waals surface area contributed by atoms with Crippen molar-refractivity contribution < 1.29 is 4.42 Å². The molecular weight excluding hydrogens is 238 g/mol. The number of furan rings is 1. The molecule has 4 nitrogen and oxygen atoms in total. The highest BCUT2D eigenvalue weighted by atomic mass is 16.3. The number of hydrogen-bond donors (Lipinski definition) is 1. The number of imidazole rings is 1. The summed E-state index contributed by atoms with van der Waals surface area (Å²) in [5, 5.41) is 0. The Kier molecular flexibility index (Phi) is 3.09. The maximum atomic E-state index is 6.17. The summed E-state index contributed by atoms with van der Waals surface area (Å²) < 4.78 is 7.56. The first-order valence-electron chi connectivity index (χ1n) is 6.52. The molecule has 3 rings (SSSR count). The Morgan fingerprint density at radius 2 is 2.11 bits per heavy atom. The largest absolute Gasteiger partial charge is 0.468 e. The Bertz CT molecular complexity index is 670. The molecule has 19 heavy (non-hydrogen) atoms. The van der Waals surface area contributed by atoms with E-state index in [2.05, 4.69) is 22.5 Å². The molecule has 0 bridgehead atoms. The normalized spacial score (nSPS) is 12.9. The van der Waals surface area contributed by atoms with Crippen LogP contribution in [0.3, 0.4) is 0 Å². The summed E-state index contributed by atoms with van der Waals surface area (Å²) in [6, 6.07) is 11.8. The predicted octanol–water partition coefficient (Wildman–Crippen LogP) is 2.89. The number of rotatable bonds is 4. The van der Waals surface area contributed by atoms with Crippen LogP contribution in [0.2, 0.25) is 0 Å². The fourth-order valence-electron chi connectivity index (χ4n) is 2.43. The average Bonchev–Trinajstić information content (AvgIpc) is 3.05. The van der Waals surface area contributed by atoms with E-state index < -0.39 is 0 Å². The van der Waals surface area contributed by atoms with Gasteiger partial charge in [-0.15, -0.1) is 0 Å². The monoisotopic (exact) mass is 255 g/mol. The molecule has 0 aliphatic carbocycles. The molecule has 1 unspecified atom stereocenters. The van der Waals surface area contributed by atoms with Crippen LogP contribution in [0.1, 0.15) is 24.6 Å². The second kappa shape index (κ2) is 4.90. The van der Waals surface area contributed by atoms with Crippen LogP contribution in [0.5, 0.6) is 0 Å². The highest BCUT2D eigenvalue weighted by Gasteiger charge is 2.15. The molecular formula is C15H17N3O. The number of fused-ring (bicyclic) bond motifs is 1. The molecule has 0 amide bonds. The Hall–Kier alpha value is -2.07. The zero-order valence-corrected chi connectivity index (χ0v) is 10.9. The number of para-hydroxylation sites is 2. The number of benzene rings is 1. The maximum Gasteiger partial charge on any atom is 0.120 e. The Balaban J connectivity index is 1.96. The molecule has 1 aromatic carbocycles. The van der Waals surface area contributed by atoms with Crippen molar-refractivity contribution in [2.24, 2.45) is 5.73 Å². The van der Waals surface area contributed by atoms with E-state index in [1.54, 1.807) is 6.26 Å². The standard InChI is InChI=1S/C15H17N3O/c1-2-18-13-7-4-3-6-12(13)17-15(18)10-11(16)14-8-5-9-19-14/h3-9,11H,2,10,16H2,1H3. The molecule has 0 spiro atoms. The zero-order chi connectivity index (χ0) is 13.2. The van der Waals surface area contributed by atoms with Crippen molar-refractivity contribution in [2.45, 2.75) is 25.9 Å². The van der Waals surface area contributed by atoms with Crippen molar-refractivity contribution in [1.29, 1.82) is 0 Å². The Morgan fingerprint density at radius 3 is 2.84 bits per heavy atom. The van der Waals surface area contributed by atoms with E-state index in [1.165, 1.54) is 0 Å². The smallest absolute Gasteiger partial charge is 0.120 e. The lowest BCUT2D eigenvalue weighted by atomic mass is 10.1. The second-order valence-electron chi connectivity index (χ2n) is 4.59. The van der Waals surface area contributed by atoms with Crippen LogP contribution >= 0.6 is 0 Å². The second-order valence-corrected chi connectivity index (χ2v) is 4.59. The third kappa shape index (κ3) is 2.15. The predicted molar refractivity (Wildman–Crippen MR) is 74.7 cm³/mol. The molecule has 0 fully saturated rings. The summed E-state index contributed by atoms with van der Waals surface area (Å²) in [7, 11) is 0. The summed E-state index contributed by atoms with van der Waals surface area (Å²) in [6.07, 6.45) is 2.33. The first-order valence-corrected chi connectivity index (χ1v) is 6.52. The van der Waals surface area contributed by atoms with Gasteiger partial charge in [-0.3, -0.25) is 0 Å². The molecule has 4 heteroatoms. The lowest BCUT2D eigenvalue weighted by molar-refractivity contribution is 0.457. The number of hydrogen-bond acceptors (Lipinski definition) is 3. The Labute approximate surface area is 111 Å². The van der Waals surface area contributed by atoms with Gasteiger partial charge in [0.15, 0.2) is 0 Å². The van der Waals surface area contributed by atoms with E-state index in [0.29, 0.717) is 6.42 Å². The summed E-state index contributed by atoms with van der Waals surface area (Å²) in [4.78, 5) is 4.67. The molecule has 1 atom stereocenters. The molecule has 2 heterocycles. The van der Waals surface area contributed by atoms with Crippen LogP contribution in [0.25, 0.3) is 11.0 Å².